The molecular formula is C38H43ClF2N8O3S. The van der Waals surface area contributed by atoms with Crippen LogP contribution < -0.4 is 22.1 Å². The van der Waals surface area contributed by atoms with E-state index in [1.807, 2.05) is 36.5 Å². The molecule has 11 nitrogen and oxygen atoms in total. The third-order valence-corrected chi connectivity index (χ3v) is 10.5. The van der Waals surface area contributed by atoms with Crippen LogP contribution in [0.3, 0.4) is 0 Å². The second kappa shape index (κ2) is 19.1. The molecule has 0 radical (unpaired) electrons. The molecule has 0 fully saturated rings. The predicted molar refractivity (Wildman–Crippen MR) is 203 cm³/mol. The van der Waals surface area contributed by atoms with E-state index in [1.165, 1.54) is 23.8 Å². The number of pyridine rings is 2. The standard InChI is InChI=1S/C38H43ClF2N8O3S/c1-49(38(51)31(47-22-52-2)11-5-6-12-42)32(16-26-20-45-30-10-4-3-9-28(26)30)36(50)46-21-27-14-24(25-17-33(40)48-34(41)18-25)15-29(39)35(27)53-37-23(19-43)8-7-13-44-37/h3-4,7-10,13-15,17-18,20,31-32,45,47H,5-6,11-12,16,19,21-22,42-43H2,1-2H3,(H,46,50)/t31-,32-/m0/s1. The highest BCUT2D eigenvalue weighted by molar-refractivity contribution is 7.99. The highest BCUT2D eigenvalue weighted by Gasteiger charge is 2.32. The van der Waals surface area contributed by atoms with Crippen LogP contribution in [0.4, 0.5) is 8.78 Å². The number of likely N-dealkylation sites (N-methyl/N-ethyl adjacent to an activating group) is 1. The van der Waals surface area contributed by atoms with Crippen LogP contribution in [-0.2, 0) is 33.8 Å². The average molecular weight is 765 g/mol. The van der Waals surface area contributed by atoms with Crippen LogP contribution in [0.25, 0.3) is 22.0 Å². The number of ether oxygens (including phenoxy) is 1. The molecule has 0 saturated carbocycles. The van der Waals surface area contributed by atoms with Crippen LogP contribution in [0.15, 0.2) is 83.0 Å². The van der Waals surface area contributed by atoms with E-state index < -0.39 is 29.9 Å². The van der Waals surface area contributed by atoms with Gasteiger partial charge in [-0.25, -0.2) is 4.98 Å². The van der Waals surface area contributed by atoms with E-state index >= 15 is 0 Å². The number of methoxy groups -OCH3 is 1. The Morgan fingerprint density at radius 3 is 2.51 bits per heavy atom. The van der Waals surface area contributed by atoms with Crippen molar-refractivity contribution in [1.82, 2.24) is 30.5 Å². The molecule has 7 N–H and O–H groups in total. The minimum Gasteiger partial charge on any atom is -0.370 e. The number of nitrogens with zero attached hydrogens (tertiary/aromatic N) is 3. The molecule has 0 aliphatic heterocycles. The summed E-state index contributed by atoms with van der Waals surface area (Å²) in [5.74, 6) is -2.66. The van der Waals surface area contributed by atoms with Gasteiger partial charge in [-0.2, -0.15) is 13.8 Å². The molecular weight excluding hydrogens is 722 g/mol. The normalized spacial score (nSPS) is 12.5. The Morgan fingerprint density at radius 2 is 1.77 bits per heavy atom. The minimum atomic E-state index is -0.986. The summed E-state index contributed by atoms with van der Waals surface area (Å²) in [6.07, 6.45) is 5.66. The van der Waals surface area contributed by atoms with Gasteiger partial charge >= 0.3 is 0 Å². The molecule has 0 unspecified atom stereocenters. The molecule has 2 amide bonds. The first-order valence-corrected chi connectivity index (χ1v) is 18.3. The molecule has 53 heavy (non-hydrogen) atoms. The lowest BCUT2D eigenvalue weighted by molar-refractivity contribution is -0.141. The van der Waals surface area contributed by atoms with Gasteiger partial charge in [-0.05, 0) is 71.5 Å². The maximum Gasteiger partial charge on any atom is 0.243 e. The van der Waals surface area contributed by atoms with Crippen LogP contribution in [0.1, 0.15) is 36.0 Å². The van der Waals surface area contributed by atoms with Gasteiger partial charge < -0.3 is 31.4 Å². The summed E-state index contributed by atoms with van der Waals surface area (Å²) in [4.78, 5) is 41.4. The number of fused-ring (bicyclic) bond motifs is 1. The van der Waals surface area contributed by atoms with Gasteiger partial charge in [0.1, 0.15) is 11.1 Å². The van der Waals surface area contributed by atoms with Crippen molar-refractivity contribution >= 4 is 46.1 Å². The SMILES string of the molecule is COCN[C@@H](CCCCN)C(=O)N(C)[C@@H](Cc1c[nH]c2ccccc12)C(=O)NCc1cc(-c2cc(F)nc(F)c2)cc(Cl)c1Sc1ncccc1CN. The zero-order valence-electron chi connectivity index (χ0n) is 29.5. The smallest absolute Gasteiger partial charge is 0.243 e. The molecule has 0 saturated heterocycles. The van der Waals surface area contributed by atoms with Gasteiger partial charge in [-0.1, -0.05) is 54.0 Å². The van der Waals surface area contributed by atoms with Crippen LogP contribution in [0.5, 0.6) is 0 Å². The third kappa shape index (κ3) is 10.2. The number of benzene rings is 2. The predicted octanol–water partition coefficient (Wildman–Crippen LogP) is 5.54. The first-order chi connectivity index (χ1) is 25.6. The van der Waals surface area contributed by atoms with Gasteiger partial charge in [0.15, 0.2) is 0 Å². The highest BCUT2D eigenvalue weighted by atomic mass is 35.5. The van der Waals surface area contributed by atoms with E-state index in [4.69, 9.17) is 27.8 Å². The number of nitrogens with one attached hydrogen (secondary N) is 3. The molecule has 3 aromatic heterocycles. The first kappa shape index (κ1) is 39.8. The number of aromatic amines is 1. The largest absolute Gasteiger partial charge is 0.370 e. The van der Waals surface area contributed by atoms with Crippen molar-refractivity contribution in [2.45, 2.75) is 60.8 Å². The van der Waals surface area contributed by atoms with Crippen LogP contribution in [-0.4, -0.2) is 71.2 Å². The number of carbonyl (C=O) groups excluding carboxylic acids is 2. The number of nitrogens with two attached hydrogens (primary N) is 2. The molecule has 280 valence electrons. The summed E-state index contributed by atoms with van der Waals surface area (Å²) in [5.41, 5.74) is 15.4. The molecule has 3 heterocycles. The lowest BCUT2D eigenvalue weighted by Crippen LogP contribution is -2.54. The van der Waals surface area contributed by atoms with Crippen molar-refractivity contribution in [3.63, 3.8) is 0 Å². The van der Waals surface area contributed by atoms with Crippen molar-refractivity contribution < 1.29 is 23.1 Å². The van der Waals surface area contributed by atoms with E-state index in [0.717, 1.165) is 40.6 Å². The molecule has 0 spiro atoms. The number of rotatable bonds is 18. The summed E-state index contributed by atoms with van der Waals surface area (Å²) < 4.78 is 33.6. The van der Waals surface area contributed by atoms with Crippen molar-refractivity contribution in [2.75, 3.05) is 27.4 Å². The molecule has 5 rings (SSSR count). The lowest BCUT2D eigenvalue weighted by atomic mass is 10.0. The fourth-order valence-corrected chi connectivity index (χ4v) is 7.43. The number of amides is 2. The summed E-state index contributed by atoms with van der Waals surface area (Å²) in [6, 6.07) is 15.3. The zero-order chi connectivity index (χ0) is 37.9. The van der Waals surface area contributed by atoms with Crippen LogP contribution in [0.2, 0.25) is 5.02 Å². The Bertz CT molecular complexity index is 2010. The molecule has 0 aliphatic rings. The summed E-state index contributed by atoms with van der Waals surface area (Å²) in [7, 11) is 3.15. The lowest BCUT2D eigenvalue weighted by Gasteiger charge is -2.31. The van der Waals surface area contributed by atoms with Crippen molar-refractivity contribution in [2.24, 2.45) is 11.5 Å². The fraction of sp³-hybridized carbons (Fsp3) is 0.316. The average Bonchev–Trinajstić information content (AvgIpc) is 3.57. The van der Waals surface area contributed by atoms with Gasteiger partial charge in [0.25, 0.3) is 0 Å². The second-order valence-electron chi connectivity index (χ2n) is 12.4. The monoisotopic (exact) mass is 764 g/mol. The molecule has 0 bridgehead atoms. The topological polar surface area (TPSA) is 164 Å². The number of carbonyl (C=O) groups is 2. The number of H-pyrrole nitrogens is 1. The Hall–Kier alpha value is -4.44. The van der Waals surface area contributed by atoms with Gasteiger partial charge in [-0.3, -0.25) is 14.9 Å². The van der Waals surface area contributed by atoms with E-state index in [2.05, 4.69) is 25.6 Å². The number of para-hydroxylation sites is 1. The fourth-order valence-electron chi connectivity index (χ4n) is 6.07. The van der Waals surface area contributed by atoms with E-state index in [1.54, 1.807) is 31.4 Å². The van der Waals surface area contributed by atoms with Crippen molar-refractivity contribution in [3.05, 3.63) is 107 Å². The van der Waals surface area contributed by atoms with Gasteiger partial charge in [0.2, 0.25) is 23.7 Å². The first-order valence-electron chi connectivity index (χ1n) is 17.1. The minimum absolute atomic E-state index is 0.0379. The summed E-state index contributed by atoms with van der Waals surface area (Å²) >= 11 is 8.15. The molecule has 5 aromatic rings. The molecule has 2 atom stereocenters. The number of aromatic nitrogens is 3. The molecule has 15 heteroatoms. The highest BCUT2D eigenvalue weighted by Crippen LogP contribution is 2.39. The Morgan fingerprint density at radius 1 is 1.02 bits per heavy atom. The number of unbranched alkanes of at least 4 members (excludes halogenated alkanes) is 1. The van der Waals surface area contributed by atoms with Crippen LogP contribution >= 0.6 is 23.4 Å². The Kier molecular flexibility index (Phi) is 14.3. The third-order valence-electron chi connectivity index (χ3n) is 8.86. The molecule has 2 aromatic carbocycles. The quantitative estimate of drug-likeness (QED) is 0.0438. The Balaban J connectivity index is 1.50. The molecule has 0 aliphatic carbocycles. The second-order valence-corrected chi connectivity index (χ2v) is 13.8. The maximum absolute atomic E-state index is 14.4. The number of hydrogen-bond acceptors (Lipinski definition) is 9. The van der Waals surface area contributed by atoms with E-state index in [0.29, 0.717) is 40.4 Å². The van der Waals surface area contributed by atoms with Crippen molar-refractivity contribution in [1.29, 1.82) is 0 Å². The van der Waals surface area contributed by atoms with Crippen LogP contribution in [0, 0.1) is 11.9 Å². The zero-order valence-corrected chi connectivity index (χ0v) is 31.1. The number of hydrogen-bond donors (Lipinski definition) is 5. The van der Waals surface area contributed by atoms with Gasteiger partial charge in [0.05, 0.1) is 17.8 Å². The Labute approximate surface area is 316 Å². The maximum atomic E-state index is 14.4. The van der Waals surface area contributed by atoms with Gasteiger partial charge in [0, 0.05) is 74.0 Å². The van der Waals surface area contributed by atoms with Crippen molar-refractivity contribution in [3.8, 4) is 11.1 Å². The number of halogens is 3. The summed E-state index contributed by atoms with van der Waals surface area (Å²) in [6.45, 7) is 0.841. The van der Waals surface area contributed by atoms with Gasteiger partial charge in [-0.15, -0.1) is 0 Å². The summed E-state index contributed by atoms with van der Waals surface area (Å²) in [5, 5.41) is 8.00. The van der Waals surface area contributed by atoms with E-state index in [-0.39, 0.29) is 42.7 Å². The van der Waals surface area contributed by atoms with E-state index in [9.17, 15) is 18.4 Å².